The van der Waals surface area contributed by atoms with Crippen molar-refractivity contribution in [2.75, 3.05) is 58.9 Å². The van der Waals surface area contributed by atoms with E-state index >= 15 is 0 Å². The lowest BCUT2D eigenvalue weighted by atomic mass is 10.0. The van der Waals surface area contributed by atoms with Crippen molar-refractivity contribution in [3.8, 4) is 0 Å². The molecule has 3 saturated heterocycles. The maximum atomic E-state index is 14.8. The van der Waals surface area contributed by atoms with E-state index in [9.17, 15) is 18.8 Å². The van der Waals surface area contributed by atoms with Crippen LogP contribution >= 0.6 is 0 Å². The number of amides is 2. The van der Waals surface area contributed by atoms with Crippen LogP contribution in [0.1, 0.15) is 43.9 Å². The van der Waals surface area contributed by atoms with E-state index in [0.29, 0.717) is 60.9 Å². The maximum Gasteiger partial charge on any atom is 0.272 e. The molecule has 2 amide bonds. The predicted octanol–water partition coefficient (Wildman–Crippen LogP) is 4.12. The summed E-state index contributed by atoms with van der Waals surface area (Å²) >= 11 is 0. The van der Waals surface area contributed by atoms with Gasteiger partial charge in [-0.25, -0.2) is 9.49 Å². The largest absolute Gasteiger partial charge is 0.375 e. The lowest BCUT2D eigenvalue weighted by molar-refractivity contribution is -0.139. The van der Waals surface area contributed by atoms with Gasteiger partial charge in [-0.1, -0.05) is 55.1 Å². The minimum absolute atomic E-state index is 0.0198. The third-order valence-corrected chi connectivity index (χ3v) is 10.2. The van der Waals surface area contributed by atoms with E-state index in [1.807, 2.05) is 17.0 Å². The number of hydrogen-bond donors (Lipinski definition) is 1. The lowest BCUT2D eigenvalue weighted by Gasteiger charge is -2.38. The second-order valence-corrected chi connectivity index (χ2v) is 13.8. The van der Waals surface area contributed by atoms with Crippen LogP contribution in [0.3, 0.4) is 0 Å². The SMILES string of the molecule is C=C(/C=C(/C(=O)N1CCN(C(=O)CN2CCC(OC3CCN(Cc4ccccc4)CC3)CC2)CC1)C(C)F)Cc1n[nH]c(=O)c2ccccc12. The van der Waals surface area contributed by atoms with Crippen molar-refractivity contribution in [3.63, 3.8) is 0 Å². The number of piperidine rings is 2. The Morgan fingerprint density at radius 2 is 1.46 bits per heavy atom. The van der Waals surface area contributed by atoms with Crippen LogP contribution in [0.25, 0.3) is 10.8 Å². The van der Waals surface area contributed by atoms with E-state index in [4.69, 9.17) is 4.74 Å². The average molecular weight is 685 g/mol. The van der Waals surface area contributed by atoms with Crippen molar-refractivity contribution in [1.29, 1.82) is 0 Å². The minimum Gasteiger partial charge on any atom is -0.375 e. The van der Waals surface area contributed by atoms with Crippen LogP contribution in [0.4, 0.5) is 4.39 Å². The van der Waals surface area contributed by atoms with Gasteiger partial charge in [0.1, 0.15) is 6.17 Å². The van der Waals surface area contributed by atoms with Gasteiger partial charge in [-0.15, -0.1) is 0 Å². The van der Waals surface area contributed by atoms with E-state index in [-0.39, 0.29) is 29.6 Å². The van der Waals surface area contributed by atoms with E-state index in [2.05, 4.69) is 56.9 Å². The molecular weight excluding hydrogens is 635 g/mol. The van der Waals surface area contributed by atoms with Crippen molar-refractivity contribution in [1.82, 2.24) is 29.8 Å². The van der Waals surface area contributed by atoms with Gasteiger partial charge in [-0.05, 0) is 55.9 Å². The Morgan fingerprint density at radius 3 is 2.10 bits per heavy atom. The molecule has 266 valence electrons. The van der Waals surface area contributed by atoms with Crippen LogP contribution in [0.15, 0.2) is 83.2 Å². The third-order valence-electron chi connectivity index (χ3n) is 10.2. The first kappa shape index (κ1) is 35.6. The predicted molar refractivity (Wildman–Crippen MR) is 192 cm³/mol. The second-order valence-electron chi connectivity index (χ2n) is 13.8. The monoisotopic (exact) mass is 684 g/mol. The number of aromatic nitrogens is 2. The van der Waals surface area contributed by atoms with Gasteiger partial charge in [0.05, 0.1) is 35.4 Å². The highest BCUT2D eigenvalue weighted by Crippen LogP contribution is 2.23. The number of likely N-dealkylation sites (tertiary alicyclic amines) is 2. The van der Waals surface area contributed by atoms with Crippen molar-refractivity contribution in [2.24, 2.45) is 0 Å². The van der Waals surface area contributed by atoms with E-state index in [1.165, 1.54) is 18.6 Å². The molecule has 3 fully saturated rings. The molecule has 1 atom stereocenters. The highest BCUT2D eigenvalue weighted by Gasteiger charge is 2.31. The number of hydrogen-bond acceptors (Lipinski definition) is 7. The molecule has 10 nitrogen and oxygen atoms in total. The lowest BCUT2D eigenvalue weighted by Crippen LogP contribution is -2.53. The molecule has 0 spiro atoms. The molecule has 6 rings (SSSR count). The molecule has 11 heteroatoms. The number of aromatic amines is 1. The fourth-order valence-corrected chi connectivity index (χ4v) is 7.29. The van der Waals surface area contributed by atoms with Gasteiger partial charge in [0.15, 0.2) is 0 Å². The molecule has 1 aromatic heterocycles. The van der Waals surface area contributed by atoms with Gasteiger partial charge in [0, 0.05) is 70.7 Å². The number of nitrogens with one attached hydrogen (secondary N) is 1. The zero-order valence-corrected chi connectivity index (χ0v) is 29.1. The molecule has 1 unspecified atom stereocenters. The number of fused-ring (bicyclic) bond motifs is 1. The van der Waals surface area contributed by atoms with E-state index in [1.54, 1.807) is 17.0 Å². The first-order chi connectivity index (χ1) is 24.2. The number of carbonyl (C=O) groups excluding carboxylic acids is 2. The summed E-state index contributed by atoms with van der Waals surface area (Å²) in [7, 11) is 0. The number of nitrogens with zero attached hydrogens (tertiary/aromatic N) is 5. The van der Waals surface area contributed by atoms with Crippen LogP contribution in [0.2, 0.25) is 0 Å². The standard InChI is InChI=1S/C39H49FN6O4/c1-28(25-36-33-10-6-7-11-34(33)38(48)42-41-36)24-35(29(2)40)39(49)46-22-20-45(21-23-46)37(47)27-44-18-14-32(15-19-44)50-31-12-16-43(17-13-31)26-30-8-4-3-5-9-30/h3-11,24,29,31-32H,1,12-23,25-27H2,2H3,(H,42,48)/b35-24+. The van der Waals surface area contributed by atoms with Crippen molar-refractivity contribution in [3.05, 3.63) is 100 Å². The number of rotatable bonds is 11. The number of carbonyl (C=O) groups is 2. The Morgan fingerprint density at radius 1 is 0.880 bits per heavy atom. The molecule has 0 bridgehead atoms. The van der Waals surface area contributed by atoms with Crippen LogP contribution < -0.4 is 5.56 Å². The topological polar surface area (TPSA) is 102 Å². The van der Waals surface area contributed by atoms with E-state index < -0.39 is 12.1 Å². The summed E-state index contributed by atoms with van der Waals surface area (Å²) in [6, 6.07) is 17.7. The smallest absolute Gasteiger partial charge is 0.272 e. The number of halogens is 1. The fraction of sp³-hybridized carbons (Fsp3) is 0.487. The first-order valence-corrected chi connectivity index (χ1v) is 17.9. The van der Waals surface area contributed by atoms with Crippen molar-refractivity contribution >= 4 is 22.6 Å². The number of piperazine rings is 1. The van der Waals surface area contributed by atoms with Crippen LogP contribution in [-0.4, -0.2) is 119 Å². The molecule has 0 radical (unpaired) electrons. The summed E-state index contributed by atoms with van der Waals surface area (Å²) in [5.41, 5.74) is 2.19. The second kappa shape index (κ2) is 16.7. The van der Waals surface area contributed by atoms with Gasteiger partial charge in [-0.3, -0.25) is 24.2 Å². The molecule has 3 aliphatic rings. The Kier molecular flexibility index (Phi) is 11.9. The zero-order valence-electron chi connectivity index (χ0n) is 29.1. The first-order valence-electron chi connectivity index (χ1n) is 17.9. The molecule has 4 heterocycles. The quantitative estimate of drug-likeness (QED) is 0.240. The zero-order chi connectivity index (χ0) is 35.0. The summed E-state index contributed by atoms with van der Waals surface area (Å²) in [6.45, 7) is 12.0. The summed E-state index contributed by atoms with van der Waals surface area (Å²) in [5, 5.41) is 7.88. The fourth-order valence-electron chi connectivity index (χ4n) is 7.29. The van der Waals surface area contributed by atoms with E-state index in [0.717, 1.165) is 58.4 Å². The minimum atomic E-state index is -1.50. The highest BCUT2D eigenvalue weighted by atomic mass is 19.1. The van der Waals surface area contributed by atoms with Crippen molar-refractivity contribution < 1.29 is 18.7 Å². The average Bonchev–Trinajstić information content (AvgIpc) is 3.13. The van der Waals surface area contributed by atoms with Crippen LogP contribution in [-0.2, 0) is 27.3 Å². The van der Waals surface area contributed by atoms with Crippen molar-refractivity contribution in [2.45, 2.75) is 64.0 Å². The van der Waals surface area contributed by atoms with Gasteiger partial charge in [0.2, 0.25) is 5.91 Å². The molecule has 3 aromatic rings. The van der Waals surface area contributed by atoms with Gasteiger partial charge in [-0.2, -0.15) is 5.10 Å². The Hall–Kier alpha value is -4.19. The Labute approximate surface area is 293 Å². The van der Waals surface area contributed by atoms with Crippen LogP contribution in [0.5, 0.6) is 0 Å². The van der Waals surface area contributed by atoms with Crippen LogP contribution in [0, 0.1) is 0 Å². The molecule has 50 heavy (non-hydrogen) atoms. The molecule has 1 N–H and O–H groups in total. The number of alkyl halides is 1. The maximum absolute atomic E-state index is 14.8. The number of benzene rings is 2. The number of allylic oxidation sites excluding steroid dienone is 2. The Bertz CT molecular complexity index is 1720. The molecule has 0 saturated carbocycles. The number of H-pyrrole nitrogens is 1. The third kappa shape index (κ3) is 9.12. The highest BCUT2D eigenvalue weighted by molar-refractivity contribution is 5.95. The molecule has 2 aromatic carbocycles. The normalized spacial score (nSPS) is 19.5. The summed E-state index contributed by atoms with van der Waals surface area (Å²) in [6.07, 6.45) is 4.76. The summed E-state index contributed by atoms with van der Waals surface area (Å²) in [4.78, 5) is 46.9. The van der Waals surface area contributed by atoms with Gasteiger partial charge >= 0.3 is 0 Å². The van der Waals surface area contributed by atoms with Gasteiger partial charge < -0.3 is 14.5 Å². The molecular formula is C39H49FN6O4. The molecule has 0 aliphatic carbocycles. The summed E-state index contributed by atoms with van der Waals surface area (Å²) < 4.78 is 21.3. The Balaban J connectivity index is 0.918. The summed E-state index contributed by atoms with van der Waals surface area (Å²) in [5.74, 6) is -0.331. The number of ether oxygens (including phenoxy) is 1. The molecule has 3 aliphatic heterocycles. The van der Waals surface area contributed by atoms with Gasteiger partial charge in [0.25, 0.3) is 11.5 Å².